The number of benzene rings is 2. The Morgan fingerprint density at radius 2 is 1.74 bits per heavy atom. The maximum atomic E-state index is 6.29. The molecular weight excluding hydrogens is 277 g/mol. The molecule has 2 aromatic carbocycles. The van der Waals surface area contributed by atoms with E-state index in [1.54, 1.807) is 6.07 Å². The first kappa shape index (κ1) is 14.4. The van der Waals surface area contributed by atoms with Crippen LogP contribution in [-0.2, 0) is 0 Å². The van der Waals surface area contributed by atoms with Crippen molar-refractivity contribution >= 4 is 23.2 Å². The zero-order valence-electron chi connectivity index (χ0n) is 10.8. The minimum absolute atomic E-state index is 0.187. The number of nitrogens with two attached hydrogens (primary N) is 1. The molecule has 0 radical (unpaired) electrons. The van der Waals surface area contributed by atoms with Crippen molar-refractivity contribution in [3.05, 3.63) is 69.7 Å². The van der Waals surface area contributed by atoms with Crippen LogP contribution in [-0.4, -0.2) is 6.54 Å². The van der Waals surface area contributed by atoms with E-state index in [0.717, 1.165) is 5.56 Å². The highest BCUT2D eigenvalue weighted by molar-refractivity contribution is 6.35. The first-order valence-corrected chi connectivity index (χ1v) is 7.09. The van der Waals surface area contributed by atoms with Crippen molar-refractivity contribution in [1.29, 1.82) is 0 Å². The topological polar surface area (TPSA) is 26.0 Å². The van der Waals surface area contributed by atoms with Crippen LogP contribution in [0.4, 0.5) is 0 Å². The van der Waals surface area contributed by atoms with Crippen LogP contribution in [0.1, 0.15) is 29.9 Å². The first-order chi connectivity index (χ1) is 9.13. The maximum Gasteiger partial charge on any atom is 0.0456 e. The van der Waals surface area contributed by atoms with Gasteiger partial charge in [-0.3, -0.25) is 0 Å². The molecule has 2 rings (SSSR count). The molecule has 0 fully saturated rings. The number of hydrogen-bond donors (Lipinski definition) is 1. The second-order valence-corrected chi connectivity index (χ2v) is 5.55. The van der Waals surface area contributed by atoms with Crippen LogP contribution in [0.3, 0.4) is 0 Å². The van der Waals surface area contributed by atoms with Crippen molar-refractivity contribution in [2.45, 2.75) is 18.8 Å². The summed E-state index contributed by atoms with van der Waals surface area (Å²) in [6, 6.07) is 16.0. The Morgan fingerprint density at radius 1 is 1.05 bits per heavy atom. The molecule has 2 unspecified atom stereocenters. The van der Waals surface area contributed by atoms with Crippen molar-refractivity contribution in [1.82, 2.24) is 0 Å². The third kappa shape index (κ3) is 3.30. The molecular formula is C16H17Cl2N. The van der Waals surface area contributed by atoms with Gasteiger partial charge in [0.15, 0.2) is 0 Å². The SMILES string of the molecule is CC(c1ccccc1)C(CN)c1ccc(Cl)cc1Cl. The number of halogens is 2. The van der Waals surface area contributed by atoms with Crippen molar-refractivity contribution in [2.24, 2.45) is 5.73 Å². The normalized spacial score (nSPS) is 14.1. The van der Waals surface area contributed by atoms with Gasteiger partial charge in [0.2, 0.25) is 0 Å². The predicted octanol–water partition coefficient (Wildman–Crippen LogP) is 4.84. The van der Waals surface area contributed by atoms with Crippen molar-refractivity contribution in [3.8, 4) is 0 Å². The molecule has 0 aliphatic carbocycles. The largest absolute Gasteiger partial charge is 0.330 e. The molecule has 2 aromatic rings. The minimum atomic E-state index is 0.187. The van der Waals surface area contributed by atoms with E-state index in [-0.39, 0.29) is 5.92 Å². The molecule has 0 saturated heterocycles. The molecule has 0 spiro atoms. The summed E-state index contributed by atoms with van der Waals surface area (Å²) in [5.41, 5.74) is 8.29. The quantitative estimate of drug-likeness (QED) is 0.858. The summed E-state index contributed by atoms with van der Waals surface area (Å²) in [6.07, 6.45) is 0. The second-order valence-electron chi connectivity index (χ2n) is 4.71. The lowest BCUT2D eigenvalue weighted by Gasteiger charge is -2.24. The highest BCUT2D eigenvalue weighted by Crippen LogP contribution is 2.36. The Bertz CT molecular complexity index is 540. The van der Waals surface area contributed by atoms with E-state index in [1.165, 1.54) is 5.56 Å². The van der Waals surface area contributed by atoms with Crippen LogP contribution in [0.15, 0.2) is 48.5 Å². The van der Waals surface area contributed by atoms with Gasteiger partial charge in [0, 0.05) is 16.0 Å². The van der Waals surface area contributed by atoms with Crippen LogP contribution in [0, 0.1) is 0 Å². The van der Waals surface area contributed by atoms with Gasteiger partial charge in [0.25, 0.3) is 0 Å². The molecule has 0 aliphatic rings. The van der Waals surface area contributed by atoms with E-state index >= 15 is 0 Å². The molecule has 2 atom stereocenters. The standard InChI is InChI=1S/C16H17Cl2N/c1-11(12-5-3-2-4-6-12)15(10-19)14-8-7-13(17)9-16(14)18/h2-9,11,15H,10,19H2,1H3. The van der Waals surface area contributed by atoms with Gasteiger partial charge >= 0.3 is 0 Å². The van der Waals surface area contributed by atoms with E-state index in [4.69, 9.17) is 28.9 Å². The number of rotatable bonds is 4. The van der Waals surface area contributed by atoms with Crippen molar-refractivity contribution < 1.29 is 0 Å². The van der Waals surface area contributed by atoms with Crippen LogP contribution in [0.2, 0.25) is 10.0 Å². The zero-order chi connectivity index (χ0) is 13.8. The van der Waals surface area contributed by atoms with E-state index < -0.39 is 0 Å². The Hall–Kier alpha value is -1.02. The van der Waals surface area contributed by atoms with E-state index in [2.05, 4.69) is 19.1 Å². The molecule has 0 aliphatic heterocycles. The van der Waals surface area contributed by atoms with Gasteiger partial charge in [-0.1, -0.05) is 66.5 Å². The van der Waals surface area contributed by atoms with E-state index in [9.17, 15) is 0 Å². The fraction of sp³-hybridized carbons (Fsp3) is 0.250. The molecule has 0 amide bonds. The molecule has 0 aromatic heterocycles. The molecule has 1 nitrogen and oxygen atoms in total. The highest BCUT2D eigenvalue weighted by Gasteiger charge is 2.21. The molecule has 0 saturated carbocycles. The van der Waals surface area contributed by atoms with Gasteiger partial charge in [0.1, 0.15) is 0 Å². The average Bonchev–Trinajstić information content (AvgIpc) is 2.42. The molecule has 100 valence electrons. The Morgan fingerprint density at radius 3 is 2.32 bits per heavy atom. The Kier molecular flexibility index (Phi) is 4.87. The van der Waals surface area contributed by atoms with Crippen LogP contribution >= 0.6 is 23.2 Å². The smallest absolute Gasteiger partial charge is 0.0456 e. The van der Waals surface area contributed by atoms with Crippen LogP contribution in [0.5, 0.6) is 0 Å². The third-order valence-electron chi connectivity index (χ3n) is 3.54. The highest BCUT2D eigenvalue weighted by atomic mass is 35.5. The van der Waals surface area contributed by atoms with Crippen molar-refractivity contribution in [2.75, 3.05) is 6.54 Å². The molecule has 0 heterocycles. The third-order valence-corrected chi connectivity index (χ3v) is 4.11. The van der Waals surface area contributed by atoms with Gasteiger partial charge < -0.3 is 5.73 Å². The maximum absolute atomic E-state index is 6.29. The van der Waals surface area contributed by atoms with Gasteiger partial charge in [-0.2, -0.15) is 0 Å². The average molecular weight is 294 g/mol. The van der Waals surface area contributed by atoms with E-state index in [1.807, 2.05) is 30.3 Å². The predicted molar refractivity (Wildman–Crippen MR) is 83.1 cm³/mol. The fourth-order valence-electron chi connectivity index (χ4n) is 2.39. The van der Waals surface area contributed by atoms with Crippen molar-refractivity contribution in [3.63, 3.8) is 0 Å². The summed E-state index contributed by atoms with van der Waals surface area (Å²) in [5.74, 6) is 0.497. The zero-order valence-corrected chi connectivity index (χ0v) is 12.3. The van der Waals surface area contributed by atoms with E-state index in [0.29, 0.717) is 22.5 Å². The number of hydrogen-bond acceptors (Lipinski definition) is 1. The van der Waals surface area contributed by atoms with Crippen LogP contribution < -0.4 is 5.73 Å². The summed E-state index contributed by atoms with van der Waals surface area (Å²) >= 11 is 12.2. The van der Waals surface area contributed by atoms with Gasteiger partial charge in [-0.15, -0.1) is 0 Å². The summed E-state index contributed by atoms with van der Waals surface area (Å²) < 4.78 is 0. The molecule has 19 heavy (non-hydrogen) atoms. The summed E-state index contributed by atoms with van der Waals surface area (Å²) in [5, 5.41) is 1.34. The van der Waals surface area contributed by atoms with Gasteiger partial charge in [-0.05, 0) is 35.7 Å². The Labute approximate surface area is 124 Å². The minimum Gasteiger partial charge on any atom is -0.330 e. The monoisotopic (exact) mass is 293 g/mol. The Balaban J connectivity index is 2.34. The fourth-order valence-corrected chi connectivity index (χ4v) is 2.94. The lowest BCUT2D eigenvalue weighted by atomic mass is 9.83. The van der Waals surface area contributed by atoms with Crippen LogP contribution in [0.25, 0.3) is 0 Å². The summed E-state index contributed by atoms with van der Waals surface area (Å²) in [4.78, 5) is 0. The molecule has 0 bridgehead atoms. The lowest BCUT2D eigenvalue weighted by Crippen LogP contribution is -2.19. The van der Waals surface area contributed by atoms with Gasteiger partial charge in [0.05, 0.1) is 0 Å². The second kappa shape index (κ2) is 6.42. The van der Waals surface area contributed by atoms with Gasteiger partial charge in [-0.25, -0.2) is 0 Å². The molecule has 3 heteroatoms. The summed E-state index contributed by atoms with van der Waals surface area (Å²) in [6.45, 7) is 2.73. The summed E-state index contributed by atoms with van der Waals surface area (Å²) in [7, 11) is 0. The molecule has 2 N–H and O–H groups in total. The lowest BCUT2D eigenvalue weighted by molar-refractivity contribution is 0.585. The first-order valence-electron chi connectivity index (χ1n) is 6.33.